The van der Waals surface area contributed by atoms with E-state index in [0.29, 0.717) is 6.10 Å². The number of hydrogen-bond acceptors (Lipinski definition) is 3. The highest BCUT2D eigenvalue weighted by molar-refractivity contribution is 5.32. The Morgan fingerprint density at radius 2 is 2.24 bits per heavy atom. The molecule has 1 aliphatic heterocycles. The fraction of sp³-hybridized carbons (Fsp3) is 0.571. The van der Waals surface area contributed by atoms with E-state index in [1.54, 1.807) is 7.11 Å². The van der Waals surface area contributed by atoms with Gasteiger partial charge in [0.1, 0.15) is 5.75 Å². The molecule has 1 aromatic rings. The Balaban J connectivity index is 1.77. The van der Waals surface area contributed by atoms with Crippen molar-refractivity contribution in [2.45, 2.75) is 31.9 Å². The summed E-state index contributed by atoms with van der Waals surface area (Å²) in [4.78, 5) is 0. The van der Waals surface area contributed by atoms with Crippen molar-refractivity contribution in [3.05, 3.63) is 29.8 Å². The molecule has 94 valence electrons. The van der Waals surface area contributed by atoms with Crippen LogP contribution in [-0.2, 0) is 11.3 Å². The zero-order chi connectivity index (χ0) is 11.9. The molecule has 1 fully saturated rings. The Morgan fingerprint density at radius 1 is 1.35 bits per heavy atom. The van der Waals surface area contributed by atoms with Gasteiger partial charge in [-0.05, 0) is 25.3 Å². The molecule has 0 aliphatic carbocycles. The number of benzene rings is 1. The molecule has 0 spiro atoms. The van der Waals surface area contributed by atoms with Crippen molar-refractivity contribution >= 4 is 0 Å². The minimum atomic E-state index is 0.387. The molecule has 17 heavy (non-hydrogen) atoms. The van der Waals surface area contributed by atoms with Crippen molar-refractivity contribution in [1.82, 2.24) is 5.32 Å². The largest absolute Gasteiger partial charge is 0.496 e. The normalized spacial score (nSPS) is 20.2. The summed E-state index contributed by atoms with van der Waals surface area (Å²) < 4.78 is 11.0. The lowest BCUT2D eigenvalue weighted by atomic mass is 10.1. The second-order valence-corrected chi connectivity index (χ2v) is 4.43. The SMILES string of the molecule is COc1ccccc1CNCC1CCCCO1. The van der Waals surface area contributed by atoms with Gasteiger partial charge in [-0.2, -0.15) is 0 Å². The van der Waals surface area contributed by atoms with E-state index in [2.05, 4.69) is 11.4 Å². The highest BCUT2D eigenvalue weighted by Crippen LogP contribution is 2.17. The Labute approximate surface area is 103 Å². The van der Waals surface area contributed by atoms with Crippen LogP contribution in [0.15, 0.2) is 24.3 Å². The molecule has 0 bridgehead atoms. The third-order valence-corrected chi connectivity index (χ3v) is 3.15. The van der Waals surface area contributed by atoms with E-state index in [1.165, 1.54) is 24.8 Å². The Bertz CT molecular complexity index is 335. The van der Waals surface area contributed by atoms with Crippen LogP contribution < -0.4 is 10.1 Å². The summed E-state index contributed by atoms with van der Waals surface area (Å²) in [5, 5.41) is 3.44. The Morgan fingerprint density at radius 3 is 3.00 bits per heavy atom. The van der Waals surface area contributed by atoms with Gasteiger partial charge in [-0.3, -0.25) is 0 Å². The van der Waals surface area contributed by atoms with Crippen LogP contribution >= 0.6 is 0 Å². The van der Waals surface area contributed by atoms with Gasteiger partial charge in [0.2, 0.25) is 0 Å². The topological polar surface area (TPSA) is 30.5 Å². The molecule has 3 heteroatoms. The van der Waals surface area contributed by atoms with E-state index in [4.69, 9.17) is 9.47 Å². The van der Waals surface area contributed by atoms with Crippen molar-refractivity contribution in [3.8, 4) is 5.75 Å². The number of hydrogen-bond donors (Lipinski definition) is 1. The zero-order valence-electron chi connectivity index (χ0n) is 10.4. The van der Waals surface area contributed by atoms with Gasteiger partial charge in [0, 0.05) is 25.3 Å². The number of rotatable bonds is 5. The van der Waals surface area contributed by atoms with Crippen LogP contribution in [0.25, 0.3) is 0 Å². The van der Waals surface area contributed by atoms with Crippen LogP contribution in [0, 0.1) is 0 Å². The number of para-hydroxylation sites is 1. The molecule has 1 N–H and O–H groups in total. The van der Waals surface area contributed by atoms with Crippen molar-refractivity contribution in [1.29, 1.82) is 0 Å². The van der Waals surface area contributed by atoms with E-state index in [9.17, 15) is 0 Å². The molecule has 1 aromatic carbocycles. The second kappa shape index (κ2) is 6.62. The summed E-state index contributed by atoms with van der Waals surface area (Å²) in [5.41, 5.74) is 1.20. The first-order chi connectivity index (χ1) is 8.40. The van der Waals surface area contributed by atoms with E-state index in [0.717, 1.165) is 25.4 Å². The van der Waals surface area contributed by atoms with E-state index in [-0.39, 0.29) is 0 Å². The summed E-state index contributed by atoms with van der Waals surface area (Å²) in [6, 6.07) is 8.12. The predicted octanol–water partition coefficient (Wildman–Crippen LogP) is 2.35. The standard InChI is InChI=1S/C14H21NO2/c1-16-14-8-3-2-6-12(14)10-15-11-13-7-4-5-9-17-13/h2-3,6,8,13,15H,4-5,7,9-11H2,1H3. The molecule has 1 unspecified atom stereocenters. The maximum Gasteiger partial charge on any atom is 0.123 e. The van der Waals surface area contributed by atoms with E-state index < -0.39 is 0 Å². The quantitative estimate of drug-likeness (QED) is 0.850. The van der Waals surface area contributed by atoms with Crippen LogP contribution in [0.2, 0.25) is 0 Å². The number of ether oxygens (including phenoxy) is 2. The lowest BCUT2D eigenvalue weighted by Crippen LogP contribution is -2.31. The fourth-order valence-electron chi connectivity index (χ4n) is 2.19. The first-order valence-electron chi connectivity index (χ1n) is 6.34. The molecular weight excluding hydrogens is 214 g/mol. The van der Waals surface area contributed by atoms with Crippen molar-refractivity contribution in [2.75, 3.05) is 20.3 Å². The lowest BCUT2D eigenvalue weighted by Gasteiger charge is -2.23. The van der Waals surface area contributed by atoms with Gasteiger partial charge >= 0.3 is 0 Å². The van der Waals surface area contributed by atoms with Crippen molar-refractivity contribution in [3.63, 3.8) is 0 Å². The average molecular weight is 235 g/mol. The first kappa shape index (κ1) is 12.4. The maximum atomic E-state index is 5.68. The van der Waals surface area contributed by atoms with Gasteiger partial charge in [-0.25, -0.2) is 0 Å². The summed E-state index contributed by atoms with van der Waals surface area (Å²) in [5.74, 6) is 0.949. The average Bonchev–Trinajstić information content (AvgIpc) is 2.40. The molecule has 3 nitrogen and oxygen atoms in total. The summed E-state index contributed by atoms with van der Waals surface area (Å²) in [6.45, 7) is 2.68. The molecule has 1 atom stereocenters. The molecule has 0 amide bonds. The van der Waals surface area contributed by atoms with Crippen LogP contribution in [0.1, 0.15) is 24.8 Å². The summed E-state index contributed by atoms with van der Waals surface area (Å²) >= 11 is 0. The van der Waals surface area contributed by atoms with Crippen molar-refractivity contribution < 1.29 is 9.47 Å². The summed E-state index contributed by atoms with van der Waals surface area (Å²) in [7, 11) is 1.71. The molecule has 2 rings (SSSR count). The molecule has 0 aromatic heterocycles. The van der Waals surface area contributed by atoms with Crippen molar-refractivity contribution in [2.24, 2.45) is 0 Å². The van der Waals surface area contributed by atoms with Crippen LogP contribution in [0.4, 0.5) is 0 Å². The minimum Gasteiger partial charge on any atom is -0.496 e. The lowest BCUT2D eigenvalue weighted by molar-refractivity contribution is 0.0167. The molecule has 0 radical (unpaired) electrons. The molecule has 1 aliphatic rings. The second-order valence-electron chi connectivity index (χ2n) is 4.43. The van der Waals surface area contributed by atoms with E-state index in [1.807, 2.05) is 18.2 Å². The monoisotopic (exact) mass is 235 g/mol. The zero-order valence-corrected chi connectivity index (χ0v) is 10.4. The van der Waals surface area contributed by atoms with Gasteiger partial charge in [0.15, 0.2) is 0 Å². The molecule has 1 saturated heterocycles. The van der Waals surface area contributed by atoms with Crippen LogP contribution in [0.3, 0.4) is 0 Å². The highest BCUT2D eigenvalue weighted by atomic mass is 16.5. The number of methoxy groups -OCH3 is 1. The summed E-state index contributed by atoms with van der Waals surface area (Å²) in [6.07, 6.45) is 4.07. The smallest absolute Gasteiger partial charge is 0.123 e. The maximum absolute atomic E-state index is 5.68. The van der Waals surface area contributed by atoms with Gasteiger partial charge in [-0.15, -0.1) is 0 Å². The van der Waals surface area contributed by atoms with E-state index >= 15 is 0 Å². The molecular formula is C14H21NO2. The van der Waals surface area contributed by atoms with Gasteiger partial charge < -0.3 is 14.8 Å². The van der Waals surface area contributed by atoms with Gasteiger partial charge in [0.05, 0.1) is 13.2 Å². The predicted molar refractivity (Wildman–Crippen MR) is 68.3 cm³/mol. The fourth-order valence-corrected chi connectivity index (χ4v) is 2.19. The Kier molecular flexibility index (Phi) is 4.83. The molecule has 1 heterocycles. The minimum absolute atomic E-state index is 0.387. The number of nitrogens with one attached hydrogen (secondary N) is 1. The third-order valence-electron chi connectivity index (χ3n) is 3.15. The third kappa shape index (κ3) is 3.72. The van der Waals surface area contributed by atoms with Gasteiger partial charge in [-0.1, -0.05) is 18.2 Å². The van der Waals surface area contributed by atoms with Crippen LogP contribution in [-0.4, -0.2) is 26.4 Å². The highest BCUT2D eigenvalue weighted by Gasteiger charge is 2.13. The first-order valence-corrected chi connectivity index (χ1v) is 6.34. The van der Waals surface area contributed by atoms with Gasteiger partial charge in [0.25, 0.3) is 0 Å². The molecule has 0 saturated carbocycles. The Hall–Kier alpha value is -1.06. The van der Waals surface area contributed by atoms with Crippen LogP contribution in [0.5, 0.6) is 5.75 Å².